The maximum Gasteiger partial charge on any atom is 0.264 e. The molecule has 3 rings (SSSR count). The van der Waals surface area contributed by atoms with Crippen molar-refractivity contribution in [2.24, 2.45) is 0 Å². The molecule has 0 atom stereocenters. The molecule has 0 unspecified atom stereocenters. The Hall–Kier alpha value is -1.49. The summed E-state index contributed by atoms with van der Waals surface area (Å²) in [7, 11) is 0. The van der Waals surface area contributed by atoms with Gasteiger partial charge in [0.05, 0.1) is 10.6 Å². The van der Waals surface area contributed by atoms with Crippen LogP contribution in [0.4, 0.5) is 0 Å². The van der Waals surface area contributed by atoms with Gasteiger partial charge in [0.1, 0.15) is 10.7 Å². The third kappa shape index (κ3) is 3.11. The average molecular weight is 331 g/mol. The zero-order valence-corrected chi connectivity index (χ0v) is 15.3. The monoisotopic (exact) mass is 331 g/mol. The van der Waals surface area contributed by atoms with Crippen molar-refractivity contribution in [2.45, 2.75) is 59.3 Å². The van der Waals surface area contributed by atoms with Crippen molar-refractivity contribution in [3.8, 4) is 0 Å². The maximum atomic E-state index is 12.9. The minimum atomic E-state index is 0.154. The molecule has 0 aromatic carbocycles. The van der Waals surface area contributed by atoms with E-state index in [-0.39, 0.29) is 5.91 Å². The molecule has 0 spiro atoms. The fourth-order valence-corrected chi connectivity index (χ4v) is 4.29. The highest BCUT2D eigenvalue weighted by Gasteiger charge is 2.29. The lowest BCUT2D eigenvalue weighted by molar-refractivity contribution is 0.0760. The van der Waals surface area contributed by atoms with Crippen molar-refractivity contribution in [1.29, 1.82) is 0 Å². The average Bonchev–Trinajstić information content (AvgIpc) is 3.31. The summed E-state index contributed by atoms with van der Waals surface area (Å²) in [5.41, 5.74) is 2.06. The second-order valence-electron chi connectivity index (χ2n) is 6.47. The van der Waals surface area contributed by atoms with Crippen LogP contribution in [0.2, 0.25) is 0 Å². The van der Waals surface area contributed by atoms with Crippen LogP contribution in [-0.2, 0) is 0 Å². The Bertz CT molecular complexity index is 727. The molecule has 0 radical (unpaired) electrons. The van der Waals surface area contributed by atoms with Crippen molar-refractivity contribution in [2.75, 3.05) is 13.1 Å². The SMILES string of the molecule is CCCN(CCC)C(=O)c1sc2nc(C3CC3)nc(C)c2c1C. The molecule has 4 nitrogen and oxygen atoms in total. The van der Waals surface area contributed by atoms with Crippen LogP contribution in [0.3, 0.4) is 0 Å². The van der Waals surface area contributed by atoms with Crippen molar-refractivity contribution in [1.82, 2.24) is 14.9 Å². The Morgan fingerprint density at radius 2 is 1.83 bits per heavy atom. The number of nitrogens with zero attached hydrogens (tertiary/aromatic N) is 3. The van der Waals surface area contributed by atoms with Crippen LogP contribution in [0, 0.1) is 13.8 Å². The number of carbonyl (C=O) groups is 1. The standard InChI is InChI=1S/C18H25N3OS/c1-5-9-21(10-6-2)18(22)15-11(3)14-12(4)19-16(13-7-8-13)20-17(14)23-15/h13H,5-10H2,1-4H3. The topological polar surface area (TPSA) is 46.1 Å². The summed E-state index contributed by atoms with van der Waals surface area (Å²) < 4.78 is 0. The molecule has 1 aliphatic carbocycles. The Labute approximate surface area is 141 Å². The van der Waals surface area contributed by atoms with E-state index in [0.29, 0.717) is 5.92 Å². The molecule has 0 saturated heterocycles. The van der Waals surface area contributed by atoms with Gasteiger partial charge in [0.15, 0.2) is 0 Å². The zero-order valence-electron chi connectivity index (χ0n) is 14.5. The lowest BCUT2D eigenvalue weighted by atomic mass is 10.1. The van der Waals surface area contributed by atoms with Gasteiger partial charge in [0.25, 0.3) is 5.91 Å². The van der Waals surface area contributed by atoms with E-state index >= 15 is 0 Å². The summed E-state index contributed by atoms with van der Waals surface area (Å²) in [6.45, 7) is 9.95. The van der Waals surface area contributed by atoms with Gasteiger partial charge in [0, 0.05) is 24.4 Å². The number of rotatable bonds is 6. The van der Waals surface area contributed by atoms with Gasteiger partial charge in [-0.2, -0.15) is 0 Å². The third-order valence-electron chi connectivity index (χ3n) is 4.40. The molecule has 5 heteroatoms. The van der Waals surface area contributed by atoms with Gasteiger partial charge in [0.2, 0.25) is 0 Å². The van der Waals surface area contributed by atoms with E-state index in [2.05, 4.69) is 18.8 Å². The Morgan fingerprint density at radius 1 is 1.17 bits per heavy atom. The van der Waals surface area contributed by atoms with E-state index in [4.69, 9.17) is 4.98 Å². The van der Waals surface area contributed by atoms with Crippen molar-refractivity contribution < 1.29 is 4.79 Å². The summed E-state index contributed by atoms with van der Waals surface area (Å²) >= 11 is 1.54. The molecule has 1 aliphatic rings. The van der Waals surface area contributed by atoms with Gasteiger partial charge in [-0.15, -0.1) is 11.3 Å². The summed E-state index contributed by atoms with van der Waals surface area (Å²) in [6, 6.07) is 0. The van der Waals surface area contributed by atoms with Gasteiger partial charge in [-0.1, -0.05) is 13.8 Å². The fraction of sp³-hybridized carbons (Fsp3) is 0.611. The molecule has 2 heterocycles. The first-order valence-corrected chi connectivity index (χ1v) is 9.45. The number of amides is 1. The van der Waals surface area contributed by atoms with Crippen LogP contribution in [0.5, 0.6) is 0 Å². The largest absolute Gasteiger partial charge is 0.338 e. The summed E-state index contributed by atoms with van der Waals surface area (Å²) in [4.78, 5) is 26.2. The van der Waals surface area contributed by atoms with Gasteiger partial charge in [-0.3, -0.25) is 4.79 Å². The molecule has 0 N–H and O–H groups in total. The normalized spacial score (nSPS) is 14.4. The molecule has 23 heavy (non-hydrogen) atoms. The molecule has 1 fully saturated rings. The van der Waals surface area contributed by atoms with E-state index in [1.165, 1.54) is 12.8 Å². The van der Waals surface area contributed by atoms with Crippen molar-refractivity contribution >= 4 is 27.5 Å². The fourth-order valence-electron chi connectivity index (χ4n) is 3.09. The number of hydrogen-bond acceptors (Lipinski definition) is 4. The number of thiophene rings is 1. The number of carbonyl (C=O) groups excluding carboxylic acids is 1. The lowest BCUT2D eigenvalue weighted by Gasteiger charge is -2.21. The molecule has 2 aromatic rings. The summed E-state index contributed by atoms with van der Waals surface area (Å²) in [5.74, 6) is 1.66. The van der Waals surface area contributed by atoms with Crippen molar-refractivity contribution in [3.05, 3.63) is 22.0 Å². The van der Waals surface area contributed by atoms with Gasteiger partial charge >= 0.3 is 0 Å². The van der Waals surface area contributed by atoms with Crippen LogP contribution in [0.25, 0.3) is 10.2 Å². The molecule has 1 amide bonds. The Kier molecular flexibility index (Phi) is 4.67. The smallest absolute Gasteiger partial charge is 0.264 e. The van der Waals surface area contributed by atoms with E-state index in [9.17, 15) is 4.79 Å². The molecule has 0 bridgehead atoms. The first kappa shape index (κ1) is 16.4. The first-order valence-electron chi connectivity index (χ1n) is 8.63. The van der Waals surface area contributed by atoms with Gasteiger partial charge < -0.3 is 4.90 Å². The quantitative estimate of drug-likeness (QED) is 0.785. The minimum absolute atomic E-state index is 0.154. The van der Waals surface area contributed by atoms with E-state index < -0.39 is 0 Å². The van der Waals surface area contributed by atoms with Crippen LogP contribution >= 0.6 is 11.3 Å². The van der Waals surface area contributed by atoms with Crippen molar-refractivity contribution in [3.63, 3.8) is 0 Å². The van der Waals surface area contributed by atoms with Gasteiger partial charge in [-0.05, 0) is 45.1 Å². The number of hydrogen-bond donors (Lipinski definition) is 0. The predicted molar refractivity (Wildman–Crippen MR) is 95.3 cm³/mol. The maximum absolute atomic E-state index is 12.9. The molecule has 1 saturated carbocycles. The first-order chi connectivity index (χ1) is 11.1. The Morgan fingerprint density at radius 3 is 2.39 bits per heavy atom. The number of fused-ring (bicyclic) bond motifs is 1. The van der Waals surface area contributed by atoms with E-state index in [1.807, 2.05) is 18.7 Å². The molecule has 2 aromatic heterocycles. The van der Waals surface area contributed by atoms with Gasteiger partial charge in [-0.25, -0.2) is 9.97 Å². The van der Waals surface area contributed by atoms with Crippen LogP contribution in [0.1, 0.15) is 72.2 Å². The second-order valence-corrected chi connectivity index (χ2v) is 7.47. The lowest BCUT2D eigenvalue weighted by Crippen LogP contribution is -2.32. The van der Waals surface area contributed by atoms with Crippen LogP contribution < -0.4 is 0 Å². The summed E-state index contributed by atoms with van der Waals surface area (Å²) in [5, 5.41) is 1.08. The predicted octanol–water partition coefficient (Wildman–Crippen LogP) is 4.45. The number of aromatic nitrogens is 2. The minimum Gasteiger partial charge on any atom is -0.338 e. The summed E-state index contributed by atoms with van der Waals surface area (Å²) in [6.07, 6.45) is 4.37. The molecule has 124 valence electrons. The van der Waals surface area contributed by atoms with E-state index in [1.54, 1.807) is 11.3 Å². The highest BCUT2D eigenvalue weighted by molar-refractivity contribution is 7.20. The highest BCUT2D eigenvalue weighted by atomic mass is 32.1. The second kappa shape index (κ2) is 6.56. The molecule has 0 aliphatic heterocycles. The third-order valence-corrected chi connectivity index (χ3v) is 5.57. The Balaban J connectivity index is 2.02. The van der Waals surface area contributed by atoms with Crippen LogP contribution in [-0.4, -0.2) is 33.9 Å². The van der Waals surface area contributed by atoms with E-state index in [0.717, 1.165) is 58.1 Å². The zero-order chi connectivity index (χ0) is 16.6. The molecular formula is C18H25N3OS. The number of aryl methyl sites for hydroxylation is 2. The van der Waals surface area contributed by atoms with Crippen LogP contribution in [0.15, 0.2) is 0 Å². The highest BCUT2D eigenvalue weighted by Crippen LogP contribution is 2.40. The molecular weight excluding hydrogens is 306 g/mol.